The lowest BCUT2D eigenvalue weighted by Gasteiger charge is -1.98. The highest BCUT2D eigenvalue weighted by atomic mass is 16.5. The summed E-state index contributed by atoms with van der Waals surface area (Å²) in [7, 11) is 1.59. The molecule has 0 fully saturated rings. The van der Waals surface area contributed by atoms with Crippen molar-refractivity contribution < 1.29 is 14.6 Å². The van der Waals surface area contributed by atoms with E-state index in [0.29, 0.717) is 17.0 Å². The van der Waals surface area contributed by atoms with Gasteiger partial charge in [-0.25, -0.2) is 5.43 Å². The number of rotatable bonds is 4. The molecule has 3 N–H and O–H groups in total. The first-order valence-corrected chi connectivity index (χ1v) is 6.95. The average Bonchev–Trinajstić information content (AvgIpc) is 2.99. The Bertz CT molecular complexity index is 884. The van der Waals surface area contributed by atoms with Crippen molar-refractivity contribution in [3.05, 3.63) is 59.8 Å². The number of aromatic nitrogens is 1. The van der Waals surface area contributed by atoms with E-state index in [2.05, 4.69) is 15.5 Å². The first-order valence-electron chi connectivity index (χ1n) is 6.95. The normalized spacial score (nSPS) is 11.0. The maximum atomic E-state index is 12.1. The number of hydrogen-bond acceptors (Lipinski definition) is 4. The molecular formula is C17H15N3O3. The van der Waals surface area contributed by atoms with Crippen molar-refractivity contribution in [2.75, 3.05) is 7.11 Å². The minimum Gasteiger partial charge on any atom is -0.507 e. The van der Waals surface area contributed by atoms with E-state index in [9.17, 15) is 9.90 Å². The largest absolute Gasteiger partial charge is 0.507 e. The van der Waals surface area contributed by atoms with Crippen LogP contribution < -0.4 is 10.2 Å². The molecule has 0 unspecified atom stereocenters. The fourth-order valence-electron chi connectivity index (χ4n) is 2.17. The molecule has 0 spiro atoms. The van der Waals surface area contributed by atoms with Crippen LogP contribution in [0.4, 0.5) is 0 Å². The van der Waals surface area contributed by atoms with E-state index in [1.807, 2.05) is 18.2 Å². The second-order valence-corrected chi connectivity index (χ2v) is 4.89. The lowest BCUT2D eigenvalue weighted by atomic mass is 10.2. The number of carbonyl (C=O) groups excluding carboxylic acids is 1. The molecular weight excluding hydrogens is 294 g/mol. The Hall–Kier alpha value is -3.28. The third-order valence-corrected chi connectivity index (χ3v) is 3.38. The molecule has 23 heavy (non-hydrogen) atoms. The van der Waals surface area contributed by atoms with Crippen molar-refractivity contribution in [2.24, 2.45) is 5.10 Å². The number of fused-ring (bicyclic) bond motifs is 1. The third-order valence-electron chi connectivity index (χ3n) is 3.38. The molecule has 1 amide bonds. The predicted octanol–water partition coefficient (Wildman–Crippen LogP) is 2.65. The Morgan fingerprint density at radius 1 is 1.26 bits per heavy atom. The van der Waals surface area contributed by atoms with Crippen molar-refractivity contribution in [3.8, 4) is 11.5 Å². The molecule has 2 aromatic carbocycles. The number of nitrogens with one attached hydrogen (secondary N) is 2. The molecule has 0 saturated carbocycles. The Morgan fingerprint density at radius 2 is 2.09 bits per heavy atom. The minimum atomic E-state index is -0.369. The van der Waals surface area contributed by atoms with Gasteiger partial charge in [0.1, 0.15) is 17.2 Å². The molecule has 3 aromatic rings. The summed E-state index contributed by atoms with van der Waals surface area (Å²) in [6.45, 7) is 0. The van der Waals surface area contributed by atoms with E-state index in [-0.39, 0.29) is 11.7 Å². The molecule has 6 nitrogen and oxygen atoms in total. The van der Waals surface area contributed by atoms with Gasteiger partial charge in [0, 0.05) is 22.5 Å². The van der Waals surface area contributed by atoms with Crippen molar-refractivity contribution in [1.82, 2.24) is 10.4 Å². The highest BCUT2D eigenvalue weighted by molar-refractivity contribution is 5.98. The smallest absolute Gasteiger partial charge is 0.287 e. The van der Waals surface area contributed by atoms with Gasteiger partial charge in [-0.2, -0.15) is 5.10 Å². The maximum absolute atomic E-state index is 12.1. The third kappa shape index (κ3) is 3.16. The molecule has 116 valence electrons. The zero-order valence-corrected chi connectivity index (χ0v) is 12.4. The standard InChI is InChI=1S/C17H15N3O3/c1-23-13-7-6-11-8-15(19-14(11)9-13)17(22)20-18-10-12-4-2-3-5-16(12)21/h2-10,19,21H,1H3,(H,20,22)/b18-10-. The number of nitrogens with zero attached hydrogens (tertiary/aromatic N) is 1. The van der Waals surface area contributed by atoms with Crippen LogP contribution >= 0.6 is 0 Å². The number of H-pyrrole nitrogens is 1. The fourth-order valence-corrected chi connectivity index (χ4v) is 2.17. The van der Waals surface area contributed by atoms with Crippen LogP contribution in [0.5, 0.6) is 11.5 Å². The van der Waals surface area contributed by atoms with Crippen LogP contribution in [0, 0.1) is 0 Å². The molecule has 3 rings (SSSR count). The number of aromatic amines is 1. The van der Waals surface area contributed by atoms with E-state index in [0.717, 1.165) is 10.9 Å². The number of hydrazone groups is 1. The second-order valence-electron chi connectivity index (χ2n) is 4.89. The number of ether oxygens (including phenoxy) is 1. The molecule has 0 radical (unpaired) electrons. The van der Waals surface area contributed by atoms with Gasteiger partial charge in [-0.1, -0.05) is 12.1 Å². The Morgan fingerprint density at radius 3 is 2.87 bits per heavy atom. The van der Waals surface area contributed by atoms with Crippen LogP contribution in [-0.4, -0.2) is 29.3 Å². The number of phenols is 1. The summed E-state index contributed by atoms with van der Waals surface area (Å²) in [6.07, 6.45) is 1.39. The zero-order chi connectivity index (χ0) is 16.2. The molecule has 0 aliphatic rings. The quantitative estimate of drug-likeness (QED) is 0.511. The first-order chi connectivity index (χ1) is 11.2. The van der Waals surface area contributed by atoms with E-state index in [1.54, 1.807) is 37.4 Å². The maximum Gasteiger partial charge on any atom is 0.287 e. The van der Waals surface area contributed by atoms with Crippen LogP contribution in [-0.2, 0) is 0 Å². The summed E-state index contributed by atoms with van der Waals surface area (Å²) in [5, 5.41) is 14.4. The summed E-state index contributed by atoms with van der Waals surface area (Å²) < 4.78 is 5.15. The summed E-state index contributed by atoms with van der Waals surface area (Å²) in [6, 6.07) is 14.0. The average molecular weight is 309 g/mol. The summed E-state index contributed by atoms with van der Waals surface area (Å²) in [4.78, 5) is 15.1. The van der Waals surface area contributed by atoms with Gasteiger partial charge in [0.05, 0.1) is 13.3 Å². The molecule has 0 aliphatic carbocycles. The second kappa shape index (κ2) is 6.23. The van der Waals surface area contributed by atoms with Gasteiger partial charge in [0.15, 0.2) is 0 Å². The predicted molar refractivity (Wildman–Crippen MR) is 88.0 cm³/mol. The SMILES string of the molecule is COc1ccc2cc(C(=O)N/N=C\c3ccccc3O)[nH]c2c1. The van der Waals surface area contributed by atoms with Gasteiger partial charge in [-0.05, 0) is 30.3 Å². The van der Waals surface area contributed by atoms with Crippen LogP contribution in [0.1, 0.15) is 16.1 Å². The molecule has 6 heteroatoms. The van der Waals surface area contributed by atoms with Gasteiger partial charge in [-0.15, -0.1) is 0 Å². The minimum absolute atomic E-state index is 0.100. The fraction of sp³-hybridized carbons (Fsp3) is 0.0588. The number of amides is 1. The van der Waals surface area contributed by atoms with Gasteiger partial charge >= 0.3 is 0 Å². The first kappa shape index (κ1) is 14.6. The van der Waals surface area contributed by atoms with Gasteiger partial charge in [0.25, 0.3) is 5.91 Å². The van der Waals surface area contributed by atoms with Crippen molar-refractivity contribution in [2.45, 2.75) is 0 Å². The van der Waals surface area contributed by atoms with Crippen LogP contribution in [0.2, 0.25) is 0 Å². The number of phenolic OH excluding ortho intramolecular Hbond substituents is 1. The van der Waals surface area contributed by atoms with Gasteiger partial charge in [-0.3, -0.25) is 4.79 Å². The van der Waals surface area contributed by atoms with E-state index >= 15 is 0 Å². The zero-order valence-electron chi connectivity index (χ0n) is 12.4. The van der Waals surface area contributed by atoms with Crippen molar-refractivity contribution in [1.29, 1.82) is 0 Å². The molecule has 0 atom stereocenters. The van der Waals surface area contributed by atoms with Crippen LogP contribution in [0.25, 0.3) is 10.9 Å². The molecule has 0 bridgehead atoms. The molecule has 1 aromatic heterocycles. The number of aromatic hydroxyl groups is 1. The number of benzene rings is 2. The van der Waals surface area contributed by atoms with Crippen molar-refractivity contribution in [3.63, 3.8) is 0 Å². The van der Waals surface area contributed by atoms with E-state index < -0.39 is 0 Å². The molecule has 0 aliphatic heterocycles. The molecule has 0 saturated heterocycles. The monoisotopic (exact) mass is 309 g/mol. The number of methoxy groups -OCH3 is 1. The highest BCUT2D eigenvalue weighted by Gasteiger charge is 2.09. The summed E-state index contributed by atoms with van der Waals surface area (Å²) in [5.41, 5.74) is 4.14. The van der Waals surface area contributed by atoms with Crippen LogP contribution in [0.3, 0.4) is 0 Å². The number of hydrogen-bond donors (Lipinski definition) is 3. The molecule has 1 heterocycles. The van der Waals surface area contributed by atoms with E-state index in [1.165, 1.54) is 6.21 Å². The lowest BCUT2D eigenvalue weighted by Crippen LogP contribution is -2.17. The number of para-hydroxylation sites is 1. The van der Waals surface area contributed by atoms with Gasteiger partial charge in [0.2, 0.25) is 0 Å². The van der Waals surface area contributed by atoms with Crippen LogP contribution in [0.15, 0.2) is 53.6 Å². The Labute approximate surface area is 132 Å². The van der Waals surface area contributed by atoms with E-state index in [4.69, 9.17) is 4.74 Å². The Balaban J connectivity index is 1.74. The van der Waals surface area contributed by atoms with Crippen molar-refractivity contribution >= 4 is 23.0 Å². The lowest BCUT2D eigenvalue weighted by molar-refractivity contribution is 0.0951. The summed E-state index contributed by atoms with van der Waals surface area (Å²) >= 11 is 0. The Kier molecular flexibility index (Phi) is 3.97. The topological polar surface area (TPSA) is 86.7 Å². The highest BCUT2D eigenvalue weighted by Crippen LogP contribution is 2.21. The number of carbonyl (C=O) groups is 1. The van der Waals surface area contributed by atoms with Gasteiger partial charge < -0.3 is 14.8 Å². The summed E-state index contributed by atoms with van der Waals surface area (Å²) in [5.74, 6) is 0.443.